The van der Waals surface area contributed by atoms with Gasteiger partial charge in [0.25, 0.3) is 0 Å². The Morgan fingerprint density at radius 3 is 2.40 bits per heavy atom. The molecule has 1 fully saturated rings. The van der Waals surface area contributed by atoms with Gasteiger partial charge in [0, 0.05) is 24.6 Å². The number of nitrogens with zero attached hydrogens (tertiary/aromatic N) is 1. The number of halogens is 4. The molecule has 0 spiro atoms. The number of likely N-dealkylation sites (tertiary alicyclic amines) is 1. The van der Waals surface area contributed by atoms with Gasteiger partial charge in [-0.1, -0.05) is 36.9 Å². The molecule has 0 radical (unpaired) electrons. The highest BCUT2D eigenvalue weighted by atomic mass is 32.2. The smallest absolute Gasteiger partial charge is 0.334 e. The van der Waals surface area contributed by atoms with Crippen molar-refractivity contribution in [2.45, 2.75) is 24.4 Å². The first-order chi connectivity index (χ1) is 14.0. The third-order valence-corrected chi connectivity index (χ3v) is 6.27. The number of alkyl halides is 3. The lowest BCUT2D eigenvalue weighted by Crippen LogP contribution is -2.39. The Kier molecular flexibility index (Phi) is 5.94. The number of amides is 1. The summed E-state index contributed by atoms with van der Waals surface area (Å²) in [5.41, 5.74) is -3.54. The molecule has 0 aromatic heterocycles. The summed E-state index contributed by atoms with van der Waals surface area (Å²) in [6, 6.07) is 11.9. The maximum atomic E-state index is 13.2. The van der Waals surface area contributed by atoms with E-state index >= 15 is 0 Å². The number of rotatable bonds is 5. The number of carbonyl (C=O) groups is 1. The maximum absolute atomic E-state index is 13.2. The summed E-state index contributed by atoms with van der Waals surface area (Å²) in [7, 11) is -4.59. The summed E-state index contributed by atoms with van der Waals surface area (Å²) < 4.78 is 65.9. The van der Waals surface area contributed by atoms with Crippen LogP contribution < -0.4 is 4.72 Å². The Bertz CT molecular complexity index is 1060. The Morgan fingerprint density at radius 1 is 1.13 bits per heavy atom. The summed E-state index contributed by atoms with van der Waals surface area (Å²) in [6.45, 7) is 4.24. The van der Waals surface area contributed by atoms with E-state index in [1.54, 1.807) is 24.3 Å². The second-order valence-electron chi connectivity index (χ2n) is 7.02. The molecule has 1 N–H and O–H groups in total. The molecule has 1 saturated heterocycles. The van der Waals surface area contributed by atoms with Crippen molar-refractivity contribution in [3.8, 4) is 0 Å². The van der Waals surface area contributed by atoms with Crippen LogP contribution in [-0.4, -0.2) is 32.9 Å². The van der Waals surface area contributed by atoms with Crippen LogP contribution in [0.15, 0.2) is 60.7 Å². The van der Waals surface area contributed by atoms with Gasteiger partial charge < -0.3 is 9.62 Å². The molecule has 1 amide bonds. The Labute approximate surface area is 172 Å². The highest BCUT2D eigenvalue weighted by Gasteiger charge is 2.40. The van der Waals surface area contributed by atoms with E-state index < -0.39 is 15.2 Å². The molecule has 1 aliphatic heterocycles. The van der Waals surface area contributed by atoms with E-state index in [1.807, 2.05) is 4.72 Å². The highest BCUT2D eigenvalue weighted by molar-refractivity contribution is 8.02. The molecule has 160 valence electrons. The van der Waals surface area contributed by atoms with Gasteiger partial charge in [-0.05, 0) is 41.6 Å². The molecule has 2 unspecified atom stereocenters. The third kappa shape index (κ3) is 4.51. The maximum Gasteiger partial charge on any atom is 0.481 e. The van der Waals surface area contributed by atoms with Gasteiger partial charge in [-0.2, -0.15) is 13.2 Å². The Balaban J connectivity index is 1.78. The Hall–Kier alpha value is -2.81. The molecule has 2 aromatic rings. The van der Waals surface area contributed by atoms with Gasteiger partial charge in [0.05, 0.1) is 5.69 Å². The van der Waals surface area contributed by atoms with Crippen molar-refractivity contribution in [2.75, 3.05) is 11.3 Å². The van der Waals surface area contributed by atoms with Crippen molar-refractivity contribution in [2.24, 2.45) is 0 Å². The van der Waals surface area contributed by atoms with E-state index in [1.165, 1.54) is 29.2 Å². The molecule has 4 nitrogen and oxygen atoms in total. The molecule has 2 aromatic carbocycles. The predicted molar refractivity (Wildman–Crippen MR) is 110 cm³/mol. The van der Waals surface area contributed by atoms with E-state index in [4.69, 9.17) is 0 Å². The van der Waals surface area contributed by atoms with Crippen LogP contribution in [0.4, 0.5) is 23.2 Å². The number of hydrogen-bond donors (Lipinski definition) is 1. The van der Waals surface area contributed by atoms with Gasteiger partial charge in [0.1, 0.15) is 15.5 Å². The number of benzene rings is 2. The molecule has 1 aliphatic rings. The van der Waals surface area contributed by atoms with Crippen LogP contribution in [0.5, 0.6) is 0 Å². The van der Waals surface area contributed by atoms with Crippen LogP contribution in [0.25, 0.3) is 0 Å². The zero-order valence-electron chi connectivity index (χ0n) is 15.9. The predicted octanol–water partition coefficient (Wildman–Crippen LogP) is 4.46. The first-order valence-corrected chi connectivity index (χ1v) is 10.7. The SMILES string of the molecule is C=C1C(=O)N(Cc2ccccc2NS(=C)(=O)C(F)(F)F)CCC1c1ccc(F)cc1. The van der Waals surface area contributed by atoms with Gasteiger partial charge in [0.2, 0.25) is 5.91 Å². The van der Waals surface area contributed by atoms with Crippen molar-refractivity contribution >= 4 is 27.2 Å². The zero-order valence-corrected chi connectivity index (χ0v) is 16.7. The summed E-state index contributed by atoms with van der Waals surface area (Å²) in [5.74, 6) is 1.80. The van der Waals surface area contributed by atoms with Crippen LogP contribution in [0.1, 0.15) is 23.5 Å². The fraction of sp³-hybridized carbons (Fsp3) is 0.238. The number of nitrogens with one attached hydrogen (secondary N) is 1. The first-order valence-electron chi connectivity index (χ1n) is 9.02. The van der Waals surface area contributed by atoms with Gasteiger partial charge >= 0.3 is 5.51 Å². The van der Waals surface area contributed by atoms with Gasteiger partial charge in [0.15, 0.2) is 0 Å². The second kappa shape index (κ2) is 8.14. The lowest BCUT2D eigenvalue weighted by atomic mass is 9.85. The van der Waals surface area contributed by atoms with E-state index in [0.717, 1.165) is 5.56 Å². The highest BCUT2D eigenvalue weighted by Crippen LogP contribution is 2.34. The molecule has 0 bridgehead atoms. The summed E-state index contributed by atoms with van der Waals surface area (Å²) in [6.07, 6.45) is 0.542. The normalized spacial score (nSPS) is 19.5. The minimum absolute atomic E-state index is 0.00565. The number of piperidine rings is 1. The summed E-state index contributed by atoms with van der Waals surface area (Å²) in [4.78, 5) is 14.3. The van der Waals surface area contributed by atoms with Crippen molar-refractivity contribution in [3.63, 3.8) is 0 Å². The van der Waals surface area contributed by atoms with Crippen molar-refractivity contribution in [3.05, 3.63) is 77.6 Å². The van der Waals surface area contributed by atoms with Gasteiger partial charge in [-0.3, -0.25) is 4.79 Å². The minimum atomic E-state index is -5.02. The third-order valence-electron chi connectivity index (χ3n) is 4.97. The van der Waals surface area contributed by atoms with E-state index in [-0.39, 0.29) is 29.9 Å². The fourth-order valence-corrected chi connectivity index (χ4v) is 4.00. The summed E-state index contributed by atoms with van der Waals surface area (Å²) >= 11 is 0. The van der Waals surface area contributed by atoms with E-state index in [9.17, 15) is 26.6 Å². The number of anilines is 1. The molecule has 30 heavy (non-hydrogen) atoms. The van der Waals surface area contributed by atoms with Crippen LogP contribution in [-0.2, 0) is 21.0 Å². The molecule has 0 aliphatic carbocycles. The number of carbonyl (C=O) groups excluding carboxylic acids is 1. The van der Waals surface area contributed by atoms with Crippen molar-refractivity contribution in [1.29, 1.82) is 0 Å². The van der Waals surface area contributed by atoms with E-state index in [2.05, 4.69) is 12.4 Å². The van der Waals surface area contributed by atoms with Gasteiger partial charge in [-0.15, -0.1) is 0 Å². The first kappa shape index (κ1) is 21.9. The molecule has 9 heteroatoms. The number of hydrogen-bond acceptors (Lipinski definition) is 2. The lowest BCUT2D eigenvalue weighted by Gasteiger charge is -2.34. The van der Waals surface area contributed by atoms with Crippen molar-refractivity contribution in [1.82, 2.24) is 4.90 Å². The molecular weight excluding hydrogens is 420 g/mol. The molecule has 3 rings (SSSR count). The average Bonchev–Trinajstić information content (AvgIpc) is 2.67. The van der Waals surface area contributed by atoms with Crippen LogP contribution in [0, 0.1) is 5.82 Å². The monoisotopic (exact) mass is 440 g/mol. The number of para-hydroxylation sites is 1. The van der Waals surface area contributed by atoms with Crippen LogP contribution >= 0.6 is 0 Å². The fourth-order valence-electron chi connectivity index (χ4n) is 3.33. The molecule has 0 saturated carbocycles. The quantitative estimate of drug-likeness (QED) is 0.424. The molecule has 2 atom stereocenters. The zero-order chi connectivity index (χ0) is 22.1. The molecular formula is C21H20F4N2O2S. The van der Waals surface area contributed by atoms with Crippen molar-refractivity contribution < 1.29 is 26.6 Å². The van der Waals surface area contributed by atoms with E-state index in [0.29, 0.717) is 24.1 Å². The summed E-state index contributed by atoms with van der Waals surface area (Å²) in [5, 5.41) is 0. The standard InChI is InChI=1S/C21H20F4N2O2S/c1-14-18(15-7-9-17(22)10-8-15)11-12-27(20(14)28)13-16-5-3-4-6-19(16)26-30(2,29)21(23,24)25/h3-10,18H,1-2,11-13H2,(H,26,29). The van der Waals surface area contributed by atoms with Gasteiger partial charge in [-0.25, -0.2) is 8.60 Å². The second-order valence-corrected chi connectivity index (χ2v) is 9.04. The lowest BCUT2D eigenvalue weighted by molar-refractivity contribution is -0.129. The Morgan fingerprint density at radius 2 is 1.77 bits per heavy atom. The average molecular weight is 440 g/mol. The minimum Gasteiger partial charge on any atom is -0.334 e. The van der Waals surface area contributed by atoms with Crippen LogP contribution in [0.2, 0.25) is 0 Å². The topological polar surface area (TPSA) is 49.4 Å². The van der Waals surface area contributed by atoms with Crippen LogP contribution in [0.3, 0.4) is 0 Å². The largest absolute Gasteiger partial charge is 0.481 e. The molecule has 1 heterocycles.